The molecule has 5 rings (SSSR count). The number of piperazine rings is 1. The van der Waals surface area contributed by atoms with Gasteiger partial charge in [-0.1, -0.05) is 12.5 Å². The second-order valence-electron chi connectivity index (χ2n) is 12.1. The van der Waals surface area contributed by atoms with Crippen molar-refractivity contribution in [2.75, 3.05) is 81.1 Å². The largest absolute Gasteiger partial charge is 0.378 e. The number of nitrogens with two attached hydrogens (primary N) is 1. The summed E-state index contributed by atoms with van der Waals surface area (Å²) in [5.74, 6) is 1.44. The second-order valence-corrected chi connectivity index (χ2v) is 12.1. The maximum atomic E-state index is 13.6. The zero-order valence-electron chi connectivity index (χ0n) is 27.3. The number of ether oxygens (including phenoxy) is 1. The van der Waals surface area contributed by atoms with Crippen LogP contribution in [0.4, 0.5) is 26.6 Å². The van der Waals surface area contributed by atoms with Crippen molar-refractivity contribution in [3.63, 3.8) is 0 Å². The van der Waals surface area contributed by atoms with Gasteiger partial charge in [-0.3, -0.25) is 14.4 Å². The fourth-order valence-corrected chi connectivity index (χ4v) is 5.34. The van der Waals surface area contributed by atoms with Crippen LogP contribution in [-0.4, -0.2) is 118 Å². The van der Waals surface area contributed by atoms with E-state index in [1.54, 1.807) is 11.0 Å². The summed E-state index contributed by atoms with van der Waals surface area (Å²) >= 11 is 0. The predicted molar refractivity (Wildman–Crippen MR) is 172 cm³/mol. The lowest BCUT2D eigenvalue weighted by molar-refractivity contribution is -0.133. The number of carbonyl (C=O) groups is 3. The molecule has 256 valence electrons. The summed E-state index contributed by atoms with van der Waals surface area (Å²) in [4.78, 5) is 62.6. The number of anilines is 3. The Hall–Kier alpha value is -4.34. The van der Waals surface area contributed by atoms with Crippen LogP contribution in [0.2, 0.25) is 0 Å². The molecular weight excluding hydrogens is 614 g/mol. The van der Waals surface area contributed by atoms with Crippen LogP contribution in [0.25, 0.3) is 11.4 Å². The van der Waals surface area contributed by atoms with Crippen molar-refractivity contribution in [3.8, 4) is 11.4 Å². The van der Waals surface area contributed by atoms with Gasteiger partial charge in [0.05, 0.1) is 18.8 Å². The van der Waals surface area contributed by atoms with E-state index in [-0.39, 0.29) is 29.0 Å². The lowest BCUT2D eigenvalue weighted by atomic mass is 9.99. The first-order valence-corrected chi connectivity index (χ1v) is 15.9. The number of rotatable bonds is 9. The van der Waals surface area contributed by atoms with Crippen molar-refractivity contribution in [1.82, 2.24) is 34.7 Å². The van der Waals surface area contributed by atoms with Crippen molar-refractivity contribution in [3.05, 3.63) is 23.5 Å². The molecule has 2 aromatic heterocycles. The van der Waals surface area contributed by atoms with Crippen molar-refractivity contribution in [2.45, 2.75) is 52.9 Å². The van der Waals surface area contributed by atoms with Gasteiger partial charge in [-0.2, -0.15) is 15.0 Å². The SMILES string of the molecule is CC(C)=CC(=O)CCC(=O)N1CCC(C)CC1.Nc1ncc(-c2nc(N3CCOCC3)nc(N3CCN(C=O)CC3)n2)c(C(F)F)n1. The molecule has 2 N–H and O–H groups in total. The number of piperidine rings is 1. The number of aromatic nitrogens is 5. The Balaban J connectivity index is 0.000000251. The van der Waals surface area contributed by atoms with Gasteiger partial charge >= 0.3 is 0 Å². The molecule has 0 radical (unpaired) electrons. The summed E-state index contributed by atoms with van der Waals surface area (Å²) in [6.07, 6.45) is 3.64. The highest BCUT2D eigenvalue weighted by molar-refractivity contribution is 5.93. The fraction of sp³-hybridized carbons (Fsp3) is 0.613. The molecule has 3 fully saturated rings. The third-order valence-corrected chi connectivity index (χ3v) is 8.11. The summed E-state index contributed by atoms with van der Waals surface area (Å²) in [6.45, 7) is 12.0. The van der Waals surface area contributed by atoms with Crippen LogP contribution in [0, 0.1) is 5.92 Å². The molecular formula is C31H44F2N10O4. The highest BCUT2D eigenvalue weighted by atomic mass is 19.3. The summed E-state index contributed by atoms with van der Waals surface area (Å²) in [5, 5.41) is 0. The zero-order chi connectivity index (χ0) is 33.9. The first-order valence-electron chi connectivity index (χ1n) is 15.9. The Morgan fingerprint density at radius 1 is 0.936 bits per heavy atom. The molecule has 47 heavy (non-hydrogen) atoms. The van der Waals surface area contributed by atoms with Crippen LogP contribution >= 0.6 is 0 Å². The number of hydrogen-bond donors (Lipinski definition) is 1. The van der Waals surface area contributed by atoms with E-state index in [9.17, 15) is 23.2 Å². The van der Waals surface area contributed by atoms with Crippen LogP contribution in [0.1, 0.15) is 58.6 Å². The van der Waals surface area contributed by atoms with E-state index in [1.807, 2.05) is 28.5 Å². The minimum atomic E-state index is -2.87. The predicted octanol–water partition coefficient (Wildman–Crippen LogP) is 2.52. The fourth-order valence-electron chi connectivity index (χ4n) is 5.34. The molecule has 0 bridgehead atoms. The standard InChI is InChI=1S/C17H21F2N9O2.C14H23NO2/c18-13(19)12-11(9-21-15(20)22-12)14-23-16(27-3-1-26(10-29)2-4-27)25-17(24-14)28-5-7-30-8-6-28;1-11(2)10-13(16)4-5-14(17)15-8-6-12(3)7-9-15/h9-10,13H,1-8H2,(H2,20,21,22);10,12H,4-9H2,1-3H3. The van der Waals surface area contributed by atoms with Gasteiger partial charge in [0.25, 0.3) is 6.43 Å². The molecule has 0 atom stereocenters. The number of nitrogen functional groups attached to an aromatic ring is 1. The average Bonchev–Trinajstić information content (AvgIpc) is 3.07. The lowest BCUT2D eigenvalue weighted by Crippen LogP contribution is -2.46. The molecule has 0 aromatic carbocycles. The Bertz CT molecular complexity index is 1400. The molecule has 14 nitrogen and oxygen atoms in total. The van der Waals surface area contributed by atoms with Gasteiger partial charge in [0, 0.05) is 71.4 Å². The van der Waals surface area contributed by atoms with Gasteiger partial charge < -0.3 is 30.1 Å². The minimum absolute atomic E-state index is 0.00360. The van der Waals surface area contributed by atoms with Crippen LogP contribution in [0.15, 0.2) is 17.8 Å². The first kappa shape index (κ1) is 35.5. The number of halogens is 2. The van der Waals surface area contributed by atoms with E-state index in [2.05, 4.69) is 31.8 Å². The van der Waals surface area contributed by atoms with Gasteiger partial charge in [-0.05, 0) is 38.7 Å². The van der Waals surface area contributed by atoms with E-state index in [0.29, 0.717) is 77.2 Å². The summed E-state index contributed by atoms with van der Waals surface area (Å²) < 4.78 is 32.6. The average molecular weight is 659 g/mol. The zero-order valence-corrected chi connectivity index (χ0v) is 27.3. The smallest absolute Gasteiger partial charge is 0.281 e. The molecule has 3 aliphatic heterocycles. The van der Waals surface area contributed by atoms with Crippen molar-refractivity contribution in [2.24, 2.45) is 5.92 Å². The van der Waals surface area contributed by atoms with E-state index in [1.165, 1.54) is 6.20 Å². The molecule has 0 spiro atoms. The van der Waals surface area contributed by atoms with Crippen LogP contribution in [0.3, 0.4) is 0 Å². The highest BCUT2D eigenvalue weighted by Gasteiger charge is 2.26. The number of carbonyl (C=O) groups excluding carboxylic acids is 3. The van der Waals surface area contributed by atoms with Crippen LogP contribution in [0.5, 0.6) is 0 Å². The monoisotopic (exact) mass is 658 g/mol. The summed E-state index contributed by atoms with van der Waals surface area (Å²) in [7, 11) is 0. The van der Waals surface area contributed by atoms with Gasteiger partial charge in [0.2, 0.25) is 30.2 Å². The van der Waals surface area contributed by atoms with Gasteiger partial charge in [0.15, 0.2) is 11.6 Å². The number of amides is 2. The van der Waals surface area contributed by atoms with E-state index < -0.39 is 12.1 Å². The number of ketones is 1. The number of allylic oxidation sites excluding steroid dienone is 2. The van der Waals surface area contributed by atoms with E-state index >= 15 is 0 Å². The van der Waals surface area contributed by atoms with Crippen molar-refractivity contribution >= 4 is 35.9 Å². The summed E-state index contributed by atoms with van der Waals surface area (Å²) in [6, 6.07) is 0. The Morgan fingerprint density at radius 3 is 2.13 bits per heavy atom. The Morgan fingerprint density at radius 2 is 1.55 bits per heavy atom. The van der Waals surface area contributed by atoms with E-state index in [0.717, 1.165) is 43.8 Å². The normalized spacial score (nSPS) is 17.2. The molecule has 5 heterocycles. The lowest BCUT2D eigenvalue weighted by Gasteiger charge is -2.33. The van der Waals surface area contributed by atoms with Crippen LogP contribution in [-0.2, 0) is 19.1 Å². The van der Waals surface area contributed by atoms with Crippen molar-refractivity contribution in [1.29, 1.82) is 0 Å². The molecule has 3 saturated heterocycles. The number of likely N-dealkylation sites (tertiary alicyclic amines) is 1. The number of nitrogens with zero attached hydrogens (tertiary/aromatic N) is 9. The third-order valence-electron chi connectivity index (χ3n) is 8.11. The molecule has 0 unspecified atom stereocenters. The second kappa shape index (κ2) is 17.0. The van der Waals surface area contributed by atoms with Gasteiger partial charge in [-0.25, -0.2) is 18.7 Å². The maximum Gasteiger partial charge on any atom is 0.281 e. The molecule has 2 aromatic rings. The maximum absolute atomic E-state index is 13.6. The third kappa shape index (κ3) is 10.3. The molecule has 0 saturated carbocycles. The minimum Gasteiger partial charge on any atom is -0.378 e. The number of hydrogen-bond acceptors (Lipinski definition) is 12. The molecule has 16 heteroatoms. The van der Waals surface area contributed by atoms with Crippen molar-refractivity contribution < 1.29 is 27.9 Å². The van der Waals surface area contributed by atoms with E-state index in [4.69, 9.17) is 10.5 Å². The van der Waals surface area contributed by atoms with Gasteiger partial charge in [0.1, 0.15) is 5.69 Å². The molecule has 3 aliphatic rings. The quantitative estimate of drug-likeness (QED) is 0.310. The number of alkyl halides is 2. The molecule has 0 aliphatic carbocycles. The Kier molecular flexibility index (Phi) is 12.8. The number of morpholine rings is 1. The van der Waals surface area contributed by atoms with Gasteiger partial charge in [-0.15, -0.1) is 0 Å². The molecule has 2 amide bonds. The Labute approximate surface area is 273 Å². The van der Waals surface area contributed by atoms with Crippen LogP contribution < -0.4 is 15.5 Å². The first-order chi connectivity index (χ1) is 22.5. The summed E-state index contributed by atoms with van der Waals surface area (Å²) in [5.41, 5.74) is 5.96. The highest BCUT2D eigenvalue weighted by Crippen LogP contribution is 2.30. The topological polar surface area (TPSA) is 164 Å².